The van der Waals surface area contributed by atoms with Crippen molar-refractivity contribution in [3.8, 4) is 0 Å². The first-order chi connectivity index (χ1) is 10.9. The normalized spacial score (nSPS) is 19.4. The number of aromatic nitrogens is 2. The molecule has 0 bridgehead atoms. The number of benzene rings is 1. The molecule has 0 saturated heterocycles. The number of aryl methyl sites for hydroxylation is 1. The number of nitrogens with one attached hydrogen (secondary N) is 1. The topological polar surface area (TPSA) is 46.9 Å². The summed E-state index contributed by atoms with van der Waals surface area (Å²) in [6.07, 6.45) is 3.99. The minimum Gasteiger partial charge on any atom is -0.343 e. The van der Waals surface area contributed by atoms with Crippen molar-refractivity contribution in [2.75, 3.05) is 0 Å². The highest BCUT2D eigenvalue weighted by molar-refractivity contribution is 5.92. The molecule has 1 atom stereocenters. The van der Waals surface area contributed by atoms with Crippen LogP contribution in [0.1, 0.15) is 67.8 Å². The second-order valence-corrected chi connectivity index (χ2v) is 7.37. The zero-order chi connectivity index (χ0) is 16.6. The molecular weight excluding hydrogens is 286 g/mol. The van der Waals surface area contributed by atoms with Crippen molar-refractivity contribution < 1.29 is 4.79 Å². The maximum atomic E-state index is 12.7. The molecule has 122 valence electrons. The van der Waals surface area contributed by atoms with Crippen molar-refractivity contribution in [3.05, 3.63) is 53.3 Å². The van der Waals surface area contributed by atoms with Crippen LogP contribution in [0.25, 0.3) is 0 Å². The van der Waals surface area contributed by atoms with Crippen LogP contribution in [-0.4, -0.2) is 15.7 Å². The van der Waals surface area contributed by atoms with E-state index in [1.54, 1.807) is 6.07 Å². The van der Waals surface area contributed by atoms with Gasteiger partial charge in [0.25, 0.3) is 5.91 Å². The SMILES string of the molecule is CC(C)n1ccc(C(=O)NC2c3ccccc3CCC2(C)C)n1. The number of fused-ring (bicyclic) bond motifs is 1. The van der Waals surface area contributed by atoms with Crippen LogP contribution in [0.5, 0.6) is 0 Å². The molecule has 23 heavy (non-hydrogen) atoms. The molecular formula is C19H25N3O. The molecule has 0 radical (unpaired) electrons. The van der Waals surface area contributed by atoms with Crippen molar-refractivity contribution in [1.29, 1.82) is 0 Å². The number of nitrogens with zero attached hydrogens (tertiary/aromatic N) is 2. The van der Waals surface area contributed by atoms with E-state index in [1.807, 2.05) is 16.9 Å². The molecule has 1 aromatic carbocycles. The molecule has 1 heterocycles. The van der Waals surface area contributed by atoms with Gasteiger partial charge in [0.2, 0.25) is 0 Å². The third-order valence-electron chi connectivity index (χ3n) is 4.83. The van der Waals surface area contributed by atoms with E-state index in [0.717, 1.165) is 12.8 Å². The van der Waals surface area contributed by atoms with Gasteiger partial charge < -0.3 is 5.32 Å². The number of rotatable bonds is 3. The molecule has 0 aliphatic heterocycles. The highest BCUT2D eigenvalue weighted by Crippen LogP contribution is 2.43. The first kappa shape index (κ1) is 15.8. The number of carbonyl (C=O) groups excluding carboxylic acids is 1. The van der Waals surface area contributed by atoms with Crippen molar-refractivity contribution in [1.82, 2.24) is 15.1 Å². The number of hydrogen-bond donors (Lipinski definition) is 1. The summed E-state index contributed by atoms with van der Waals surface area (Å²) in [4.78, 5) is 12.7. The predicted octanol–water partition coefficient (Wildman–Crippen LogP) is 3.91. The summed E-state index contributed by atoms with van der Waals surface area (Å²) in [6.45, 7) is 8.55. The lowest BCUT2D eigenvalue weighted by Gasteiger charge is -2.40. The van der Waals surface area contributed by atoms with Gasteiger partial charge in [-0.25, -0.2) is 0 Å². The summed E-state index contributed by atoms with van der Waals surface area (Å²) >= 11 is 0. The smallest absolute Gasteiger partial charge is 0.272 e. The first-order valence-corrected chi connectivity index (χ1v) is 8.32. The van der Waals surface area contributed by atoms with Gasteiger partial charge in [-0.15, -0.1) is 0 Å². The lowest BCUT2D eigenvalue weighted by Crippen LogP contribution is -2.41. The second kappa shape index (κ2) is 5.84. The largest absolute Gasteiger partial charge is 0.343 e. The van der Waals surface area contributed by atoms with E-state index in [1.165, 1.54) is 11.1 Å². The van der Waals surface area contributed by atoms with Gasteiger partial charge in [-0.3, -0.25) is 9.48 Å². The Morgan fingerprint density at radius 2 is 2.04 bits per heavy atom. The van der Waals surface area contributed by atoms with Crippen LogP contribution in [0.3, 0.4) is 0 Å². The highest BCUT2D eigenvalue weighted by Gasteiger charge is 2.37. The van der Waals surface area contributed by atoms with Gasteiger partial charge in [0.1, 0.15) is 5.69 Å². The van der Waals surface area contributed by atoms with E-state index < -0.39 is 0 Å². The van der Waals surface area contributed by atoms with Crippen LogP contribution in [-0.2, 0) is 6.42 Å². The fraction of sp³-hybridized carbons (Fsp3) is 0.474. The van der Waals surface area contributed by atoms with E-state index in [2.05, 4.69) is 56.3 Å². The predicted molar refractivity (Wildman–Crippen MR) is 91.4 cm³/mol. The quantitative estimate of drug-likeness (QED) is 0.934. The number of carbonyl (C=O) groups is 1. The standard InChI is InChI=1S/C19H25N3O/c1-13(2)22-12-10-16(21-22)18(23)20-17-15-8-6-5-7-14(15)9-11-19(17,3)4/h5-8,10,12-13,17H,9,11H2,1-4H3,(H,20,23). The molecule has 1 amide bonds. The zero-order valence-electron chi connectivity index (χ0n) is 14.3. The van der Waals surface area contributed by atoms with Gasteiger partial charge in [0, 0.05) is 12.2 Å². The minimum atomic E-state index is -0.0980. The molecule has 1 aromatic heterocycles. The van der Waals surface area contributed by atoms with Gasteiger partial charge >= 0.3 is 0 Å². The van der Waals surface area contributed by atoms with E-state index in [-0.39, 0.29) is 23.4 Å². The molecule has 2 aromatic rings. The van der Waals surface area contributed by atoms with Crippen LogP contribution < -0.4 is 5.32 Å². The van der Waals surface area contributed by atoms with Crippen LogP contribution >= 0.6 is 0 Å². The summed E-state index contributed by atoms with van der Waals surface area (Å²) in [7, 11) is 0. The molecule has 4 nitrogen and oxygen atoms in total. The molecule has 4 heteroatoms. The van der Waals surface area contributed by atoms with E-state index in [4.69, 9.17) is 0 Å². The second-order valence-electron chi connectivity index (χ2n) is 7.37. The fourth-order valence-electron chi connectivity index (χ4n) is 3.29. The Morgan fingerprint density at radius 1 is 1.30 bits per heavy atom. The lowest BCUT2D eigenvalue weighted by atomic mass is 9.70. The summed E-state index contributed by atoms with van der Waals surface area (Å²) in [5, 5.41) is 7.60. The van der Waals surface area contributed by atoms with Gasteiger partial charge in [-0.1, -0.05) is 38.1 Å². The van der Waals surface area contributed by atoms with Crippen LogP contribution in [0.4, 0.5) is 0 Å². The van der Waals surface area contributed by atoms with Gasteiger partial charge in [0.05, 0.1) is 6.04 Å². The van der Waals surface area contributed by atoms with Crippen molar-refractivity contribution in [2.24, 2.45) is 5.41 Å². The molecule has 0 saturated carbocycles. The maximum Gasteiger partial charge on any atom is 0.272 e. The monoisotopic (exact) mass is 311 g/mol. The Balaban J connectivity index is 1.86. The van der Waals surface area contributed by atoms with E-state index >= 15 is 0 Å². The van der Waals surface area contributed by atoms with Crippen molar-refractivity contribution >= 4 is 5.91 Å². The van der Waals surface area contributed by atoms with Gasteiger partial charge in [-0.2, -0.15) is 5.10 Å². The Bertz CT molecular complexity index is 715. The molecule has 1 aliphatic rings. The van der Waals surface area contributed by atoms with Gasteiger partial charge in [0.15, 0.2) is 0 Å². The Kier molecular flexibility index (Phi) is 4.00. The maximum absolute atomic E-state index is 12.7. The third kappa shape index (κ3) is 3.03. The van der Waals surface area contributed by atoms with Crippen LogP contribution in [0.15, 0.2) is 36.5 Å². The van der Waals surface area contributed by atoms with Crippen LogP contribution in [0, 0.1) is 5.41 Å². The van der Waals surface area contributed by atoms with Crippen molar-refractivity contribution in [2.45, 2.75) is 52.6 Å². The zero-order valence-corrected chi connectivity index (χ0v) is 14.3. The summed E-state index contributed by atoms with van der Waals surface area (Å²) < 4.78 is 1.81. The third-order valence-corrected chi connectivity index (χ3v) is 4.83. The average Bonchev–Trinajstić information content (AvgIpc) is 3.00. The molecule has 3 rings (SSSR count). The molecule has 0 fully saturated rings. The summed E-state index contributed by atoms with van der Waals surface area (Å²) in [5.74, 6) is -0.0980. The molecule has 1 aliphatic carbocycles. The molecule has 0 spiro atoms. The Labute approximate surface area is 137 Å². The molecule has 1 unspecified atom stereocenters. The van der Waals surface area contributed by atoms with Gasteiger partial charge in [-0.05, 0) is 49.3 Å². The lowest BCUT2D eigenvalue weighted by molar-refractivity contribution is 0.0874. The number of hydrogen-bond acceptors (Lipinski definition) is 2. The highest BCUT2D eigenvalue weighted by atomic mass is 16.2. The van der Waals surface area contributed by atoms with E-state index in [9.17, 15) is 4.79 Å². The average molecular weight is 311 g/mol. The summed E-state index contributed by atoms with van der Waals surface area (Å²) in [5.41, 5.74) is 3.09. The first-order valence-electron chi connectivity index (χ1n) is 8.32. The Hall–Kier alpha value is -2.10. The van der Waals surface area contributed by atoms with Crippen molar-refractivity contribution in [3.63, 3.8) is 0 Å². The fourth-order valence-corrected chi connectivity index (χ4v) is 3.29. The number of amides is 1. The van der Waals surface area contributed by atoms with E-state index in [0.29, 0.717) is 5.69 Å². The summed E-state index contributed by atoms with van der Waals surface area (Å²) in [6, 6.07) is 10.5. The van der Waals surface area contributed by atoms with Crippen LogP contribution in [0.2, 0.25) is 0 Å². The minimum absolute atomic E-state index is 0.0177. The Morgan fingerprint density at radius 3 is 2.74 bits per heavy atom. The molecule has 1 N–H and O–H groups in total.